The maximum atomic E-state index is 5.32. The van der Waals surface area contributed by atoms with Gasteiger partial charge >= 0.3 is 0 Å². The van der Waals surface area contributed by atoms with Crippen molar-refractivity contribution >= 4 is 207 Å². The van der Waals surface area contributed by atoms with E-state index < -0.39 is 0 Å². The summed E-state index contributed by atoms with van der Waals surface area (Å²) in [5.74, 6) is 0. The number of hydrogen-bond acceptors (Lipinski definition) is 4. The molecule has 11 aromatic heterocycles. The van der Waals surface area contributed by atoms with Crippen LogP contribution < -0.4 is 9.80 Å². The Morgan fingerprint density at radius 2 is 0.390 bits per heavy atom. The van der Waals surface area contributed by atoms with E-state index >= 15 is 0 Å². The van der Waals surface area contributed by atoms with E-state index in [9.17, 15) is 0 Å². The van der Waals surface area contributed by atoms with Crippen molar-refractivity contribution in [2.24, 2.45) is 0 Å². The fourth-order valence-corrected chi connectivity index (χ4v) is 17.6. The summed E-state index contributed by atoms with van der Waals surface area (Å²) in [6, 6.07) is 165. The number of para-hydroxylation sites is 3. The second-order valence-corrected chi connectivity index (χ2v) is 30.8. The van der Waals surface area contributed by atoms with Crippen LogP contribution in [0.5, 0.6) is 0 Å². The summed E-state index contributed by atoms with van der Waals surface area (Å²) in [6.07, 6.45) is 0. The Bertz CT molecular complexity index is 8050. The van der Waals surface area contributed by atoms with Gasteiger partial charge in [0.15, 0.2) is 0 Å². The van der Waals surface area contributed by atoms with Crippen LogP contribution in [0.2, 0.25) is 0 Å². The van der Waals surface area contributed by atoms with Gasteiger partial charge in [0.2, 0.25) is 0 Å². The van der Waals surface area contributed by atoms with Crippen molar-refractivity contribution in [3.63, 3.8) is 0 Å². The lowest BCUT2D eigenvalue weighted by Crippen LogP contribution is -2.12. The van der Waals surface area contributed by atoms with E-state index in [4.69, 9.17) is 9.97 Å². The van der Waals surface area contributed by atoms with E-state index in [2.05, 4.69) is 459 Å². The molecule has 4 nitrogen and oxygen atoms in total. The minimum Gasteiger partial charge on any atom is -0.310 e. The number of rotatable bonds is 7. The highest BCUT2D eigenvalue weighted by atomic mass is 15.2. The Kier molecular flexibility index (Phi) is 17.2. The summed E-state index contributed by atoms with van der Waals surface area (Å²) in [6.45, 7) is 0. The third-order valence-corrected chi connectivity index (χ3v) is 23.7. The molecule has 30 rings (SSSR count). The Balaban J connectivity index is 0.706. The maximum absolute atomic E-state index is 5.32. The molecule has 0 radical (unpaired) electrons. The molecule has 0 aliphatic carbocycles. The number of hydrogen-bond donors (Lipinski definition) is 0. The molecule has 0 unspecified atom stereocenters. The first-order valence-corrected chi connectivity index (χ1v) is 40.5. The van der Waals surface area contributed by atoms with Crippen LogP contribution in [0.3, 0.4) is 0 Å². The van der Waals surface area contributed by atoms with Gasteiger partial charge in [0.25, 0.3) is 0 Å². The summed E-state index contributed by atoms with van der Waals surface area (Å²) in [5.41, 5.74) is 12.3. The molecule has 24 bridgehead atoms. The summed E-state index contributed by atoms with van der Waals surface area (Å²) >= 11 is 0. The lowest BCUT2D eigenvalue weighted by Gasteiger charge is -2.30. The number of benzene rings is 19. The maximum Gasteiger partial charge on any atom is 0.0972 e. The van der Waals surface area contributed by atoms with Gasteiger partial charge in [-0.25, -0.2) is 9.97 Å². The van der Waals surface area contributed by atoms with Crippen LogP contribution in [0.4, 0.5) is 34.1 Å². The molecule has 0 N–H and O–H groups in total. The van der Waals surface area contributed by atoms with Crippen LogP contribution in [-0.2, 0) is 0 Å². The molecule has 19 aromatic carbocycles. The fourth-order valence-electron chi connectivity index (χ4n) is 17.6. The molecule has 0 atom stereocenters. The first-order chi connectivity index (χ1) is 58.4. The summed E-state index contributed by atoms with van der Waals surface area (Å²) in [4.78, 5) is 15.5. The van der Waals surface area contributed by atoms with E-state index in [1.165, 1.54) is 37.7 Å². The lowest BCUT2D eigenvalue weighted by molar-refractivity contribution is 1.30. The lowest BCUT2D eigenvalue weighted by atomic mass is 9.93. The van der Waals surface area contributed by atoms with Gasteiger partial charge in [-0.15, -0.1) is 0 Å². The van der Waals surface area contributed by atoms with Gasteiger partial charge in [0.1, 0.15) is 0 Å². The fraction of sp³-hybridized carbons (Fsp3) is 0. The highest BCUT2D eigenvalue weighted by molar-refractivity contribution is 6.25. The molecule has 0 saturated heterocycles. The molecule has 11 heterocycles. The Hall–Kier alpha value is -15.6. The molecule has 0 amide bonds. The van der Waals surface area contributed by atoms with Crippen molar-refractivity contribution in [1.29, 1.82) is 0 Å². The average molecular weight is 1500 g/mol. The van der Waals surface area contributed by atoms with Gasteiger partial charge < -0.3 is 9.80 Å². The number of pyridine rings is 2. The highest BCUT2D eigenvalue weighted by Crippen LogP contribution is 2.49. The third kappa shape index (κ3) is 12.9. The average Bonchev–Trinajstić information content (AvgIpc) is 0.723. The topological polar surface area (TPSA) is 32.3 Å². The number of nitrogens with zero attached hydrogens (tertiary/aromatic N) is 4. The monoisotopic (exact) mass is 1500 g/mol. The van der Waals surface area contributed by atoms with Gasteiger partial charge in [-0.05, 0) is 239 Å². The molecular formula is C114H74N4. The third-order valence-electron chi connectivity index (χ3n) is 23.7. The molecule has 30 aromatic rings. The first-order valence-electron chi connectivity index (χ1n) is 40.5. The summed E-state index contributed by atoms with van der Waals surface area (Å²) in [5, 5.41) is 31.9. The Labute approximate surface area is 682 Å². The first kappa shape index (κ1) is 69.1. The molecule has 0 fully saturated rings. The van der Waals surface area contributed by atoms with E-state index in [0.717, 1.165) is 180 Å². The van der Waals surface area contributed by atoms with Gasteiger partial charge in [0.05, 0.1) is 33.4 Å². The molecular weight excluding hydrogens is 1430 g/mol. The van der Waals surface area contributed by atoms with Crippen LogP contribution >= 0.6 is 0 Å². The molecule has 0 spiro atoms. The SMILES string of the molecule is c1ccc(N(c2ccccc2)c2cc3c4ccccc4c(N(c4ccccc4)c4cccc(-c5cc6cc(c5)c5cccc(c5)c5ccc(cc5)c5cccc(c5)c5ccc(cc5)c5ccc(cc5)c5ccc7ccc8ccc(nc8c7n5)c5ccc(cc5)c5ccc(cc5)c5ccc(cc5)c5cccc6c5)c4)cc3c3ccccc23)cc1. The zero-order valence-electron chi connectivity index (χ0n) is 64.5. The quantitative estimate of drug-likeness (QED) is 0.149. The molecule has 0 aliphatic rings. The molecule has 118 heavy (non-hydrogen) atoms. The predicted octanol–water partition coefficient (Wildman–Crippen LogP) is 32.0. The molecule has 0 saturated carbocycles. The van der Waals surface area contributed by atoms with Gasteiger partial charge in [-0.2, -0.15) is 0 Å². The van der Waals surface area contributed by atoms with Gasteiger partial charge in [-0.1, -0.05) is 340 Å². The van der Waals surface area contributed by atoms with Crippen molar-refractivity contribution in [3.05, 3.63) is 449 Å². The van der Waals surface area contributed by atoms with E-state index in [-0.39, 0.29) is 0 Å². The van der Waals surface area contributed by atoms with Crippen molar-refractivity contribution in [2.45, 2.75) is 0 Å². The highest BCUT2D eigenvalue weighted by Gasteiger charge is 2.23. The minimum atomic E-state index is 0.892. The zero-order valence-corrected chi connectivity index (χ0v) is 64.5. The number of fused-ring (bicyclic) bond motifs is 7. The summed E-state index contributed by atoms with van der Waals surface area (Å²) < 4.78 is 0. The normalized spacial score (nSPS) is 11.6. The Morgan fingerprint density at radius 3 is 0.737 bits per heavy atom. The zero-order chi connectivity index (χ0) is 78.0. The van der Waals surface area contributed by atoms with Gasteiger partial charge in [0, 0.05) is 55.1 Å². The molecule has 4 heteroatoms. The van der Waals surface area contributed by atoms with E-state index in [0.29, 0.717) is 0 Å². The predicted molar refractivity (Wildman–Crippen MR) is 507 cm³/mol. The van der Waals surface area contributed by atoms with Crippen LogP contribution in [-0.4, -0.2) is 9.97 Å². The minimum absolute atomic E-state index is 0.892. The number of aromatic nitrogens is 2. The molecule has 0 aliphatic heterocycles. The van der Waals surface area contributed by atoms with Crippen LogP contribution in [0.25, 0.3) is 184 Å². The van der Waals surface area contributed by atoms with Crippen LogP contribution in [0.15, 0.2) is 449 Å². The smallest absolute Gasteiger partial charge is 0.0972 e. The van der Waals surface area contributed by atoms with Crippen molar-refractivity contribution < 1.29 is 0 Å². The largest absolute Gasteiger partial charge is 0.310 e. The standard InChI is InChI=1S/C114H74N4/c1-4-25-99(26-5-1)117(100-27-6-2-7-28-100)111-73-107-104-33-11-13-35-106(104)112(74-108(107)103-32-10-12-34-105(103)111)118(101-29-8-3-9-30-101)102-31-17-24-95(72-102)98-70-96-69-97(71-98)94-23-16-21-92(68-94)84-50-48-83(49-51-84)90-19-14-18-89(66-90)81-44-42-78(43-45-81)80-54-58-86(59-55-80)110-65-63-88-61-60-87-62-64-109(115-113(87)114(88)116-110)85-56-52-79(53-57-85)76-38-36-75(37-39-76)77-40-46-82(47-41-77)91-20-15-22-93(96)67-91/h1-74H. The second-order valence-electron chi connectivity index (χ2n) is 30.8. The van der Waals surface area contributed by atoms with E-state index in [1.54, 1.807) is 0 Å². The van der Waals surface area contributed by atoms with Crippen LogP contribution in [0.1, 0.15) is 0 Å². The number of anilines is 6. The van der Waals surface area contributed by atoms with Gasteiger partial charge in [-0.3, -0.25) is 0 Å². The summed E-state index contributed by atoms with van der Waals surface area (Å²) in [7, 11) is 0. The second kappa shape index (κ2) is 29.4. The van der Waals surface area contributed by atoms with Crippen molar-refractivity contribution in [1.82, 2.24) is 9.97 Å². The van der Waals surface area contributed by atoms with Crippen molar-refractivity contribution in [3.8, 4) is 11.1 Å². The van der Waals surface area contributed by atoms with E-state index in [1.807, 2.05) is 0 Å². The molecule has 550 valence electrons. The van der Waals surface area contributed by atoms with Crippen molar-refractivity contribution in [2.75, 3.05) is 9.80 Å². The van der Waals surface area contributed by atoms with Crippen LogP contribution in [0, 0.1) is 0 Å². The Morgan fingerprint density at radius 1 is 0.136 bits per heavy atom.